The molecule has 0 bridgehead atoms. The monoisotopic (exact) mass is 397 g/mol. The van der Waals surface area contributed by atoms with Gasteiger partial charge in [-0.15, -0.1) is 0 Å². The number of benzene rings is 2. The average Bonchev–Trinajstić information content (AvgIpc) is 3.23. The molecule has 2 aromatic rings. The number of nitro benzene ring substituents is 1. The zero-order chi connectivity index (χ0) is 20.6. The summed E-state index contributed by atoms with van der Waals surface area (Å²) in [4.78, 5) is 36.8. The van der Waals surface area contributed by atoms with Gasteiger partial charge in [-0.2, -0.15) is 0 Å². The van der Waals surface area contributed by atoms with Gasteiger partial charge in [0.15, 0.2) is 11.5 Å². The van der Waals surface area contributed by atoms with Crippen LogP contribution in [-0.4, -0.2) is 40.6 Å². The lowest BCUT2D eigenvalue weighted by molar-refractivity contribution is -0.384. The van der Waals surface area contributed by atoms with Crippen molar-refractivity contribution >= 4 is 17.6 Å². The summed E-state index contributed by atoms with van der Waals surface area (Å²) in [5.74, 6) is 0.977. The molecule has 4 rings (SSSR count). The Morgan fingerprint density at radius 2 is 1.79 bits per heavy atom. The maximum atomic E-state index is 12.9. The maximum Gasteiger partial charge on any atom is 0.325 e. The second kappa shape index (κ2) is 7.08. The van der Waals surface area contributed by atoms with Gasteiger partial charge in [-0.3, -0.25) is 19.8 Å². The van der Waals surface area contributed by atoms with E-state index >= 15 is 0 Å². The summed E-state index contributed by atoms with van der Waals surface area (Å²) in [6.45, 7) is 2.06. The molecule has 150 valence electrons. The molecule has 3 amide bonds. The van der Waals surface area contributed by atoms with Crippen molar-refractivity contribution in [2.75, 3.05) is 13.3 Å². The highest BCUT2D eigenvalue weighted by atomic mass is 16.7. The maximum absolute atomic E-state index is 12.9. The predicted octanol–water partition coefficient (Wildman–Crippen LogP) is 2.42. The zero-order valence-corrected chi connectivity index (χ0v) is 15.7. The fraction of sp³-hybridized carbons (Fsp3) is 0.300. The van der Waals surface area contributed by atoms with Crippen LogP contribution < -0.4 is 14.8 Å². The molecule has 0 saturated carbocycles. The van der Waals surface area contributed by atoms with E-state index in [1.165, 1.54) is 17.0 Å². The highest BCUT2D eigenvalue weighted by molar-refractivity contribution is 6.07. The number of nitro groups is 1. The molecule has 1 atom stereocenters. The lowest BCUT2D eigenvalue weighted by atomic mass is 9.92. The van der Waals surface area contributed by atoms with E-state index in [4.69, 9.17) is 9.47 Å². The Kier molecular flexibility index (Phi) is 4.57. The van der Waals surface area contributed by atoms with Gasteiger partial charge in [0, 0.05) is 25.1 Å². The topological polar surface area (TPSA) is 111 Å². The first-order chi connectivity index (χ1) is 13.9. The number of carbonyl (C=O) groups is 2. The lowest BCUT2D eigenvalue weighted by Gasteiger charge is -2.22. The van der Waals surface area contributed by atoms with Crippen molar-refractivity contribution in [1.29, 1.82) is 0 Å². The first-order valence-electron chi connectivity index (χ1n) is 9.12. The summed E-state index contributed by atoms with van der Waals surface area (Å²) < 4.78 is 10.7. The van der Waals surface area contributed by atoms with Gasteiger partial charge in [0.05, 0.1) is 4.92 Å². The van der Waals surface area contributed by atoms with Crippen LogP contribution in [0.4, 0.5) is 10.5 Å². The van der Waals surface area contributed by atoms with E-state index in [0.717, 1.165) is 11.1 Å². The Morgan fingerprint density at radius 1 is 1.10 bits per heavy atom. The number of urea groups is 1. The minimum absolute atomic E-state index is 0.0000399. The third-order valence-electron chi connectivity index (χ3n) is 5.11. The first-order valence-corrected chi connectivity index (χ1v) is 9.12. The molecule has 1 saturated heterocycles. The van der Waals surface area contributed by atoms with Gasteiger partial charge in [-0.1, -0.05) is 18.2 Å². The van der Waals surface area contributed by atoms with E-state index in [9.17, 15) is 19.7 Å². The van der Waals surface area contributed by atoms with E-state index in [-0.39, 0.29) is 24.9 Å². The number of rotatable bonds is 6. The molecular formula is C20H19N3O6. The molecule has 9 heteroatoms. The molecule has 1 N–H and O–H groups in total. The fourth-order valence-corrected chi connectivity index (χ4v) is 3.55. The van der Waals surface area contributed by atoms with Crippen molar-refractivity contribution in [3.63, 3.8) is 0 Å². The number of ether oxygens (including phenoxy) is 2. The van der Waals surface area contributed by atoms with Crippen molar-refractivity contribution in [3.8, 4) is 11.5 Å². The first kappa shape index (κ1) is 18.7. The molecule has 0 aliphatic carbocycles. The van der Waals surface area contributed by atoms with Crippen LogP contribution in [0.15, 0.2) is 42.5 Å². The van der Waals surface area contributed by atoms with Crippen LogP contribution in [0.3, 0.4) is 0 Å². The van der Waals surface area contributed by atoms with Gasteiger partial charge in [0.2, 0.25) is 6.79 Å². The van der Waals surface area contributed by atoms with Gasteiger partial charge in [-0.25, -0.2) is 4.79 Å². The molecule has 9 nitrogen and oxygen atoms in total. The number of nitrogens with zero attached hydrogens (tertiary/aromatic N) is 2. The summed E-state index contributed by atoms with van der Waals surface area (Å²) in [6, 6.07) is 11.1. The van der Waals surface area contributed by atoms with Gasteiger partial charge in [-0.05, 0) is 36.6 Å². The minimum atomic E-state index is -1.06. The number of carbonyl (C=O) groups excluding carboxylic acids is 2. The summed E-state index contributed by atoms with van der Waals surface area (Å²) in [5, 5.41) is 13.5. The highest BCUT2D eigenvalue weighted by Gasteiger charge is 2.47. The average molecular weight is 397 g/mol. The van der Waals surface area contributed by atoms with Crippen molar-refractivity contribution < 1.29 is 24.0 Å². The van der Waals surface area contributed by atoms with Crippen LogP contribution in [0.1, 0.15) is 18.1 Å². The molecule has 2 heterocycles. The van der Waals surface area contributed by atoms with E-state index in [0.29, 0.717) is 24.3 Å². The number of amides is 3. The second-order valence-corrected chi connectivity index (χ2v) is 7.26. The number of nitrogens with one attached hydrogen (secondary N) is 1. The fourth-order valence-electron chi connectivity index (χ4n) is 3.55. The standard InChI is InChI=1S/C20H19N3O6/c1-20(11-14-4-7-16-17(10-14)29-12-28-16)18(24)22(19(25)21-20)9-8-13-2-5-15(6-3-13)23(26)27/h2-7,10H,8-9,11-12H2,1H3,(H,21,25)/t20-/m0/s1. The zero-order valence-electron chi connectivity index (χ0n) is 15.7. The summed E-state index contributed by atoms with van der Waals surface area (Å²) in [7, 11) is 0. The van der Waals surface area contributed by atoms with Gasteiger partial charge >= 0.3 is 6.03 Å². The Labute approximate surface area is 166 Å². The molecular weight excluding hydrogens is 378 g/mol. The van der Waals surface area contributed by atoms with Gasteiger partial charge in [0.1, 0.15) is 5.54 Å². The van der Waals surface area contributed by atoms with E-state index in [1.54, 1.807) is 25.1 Å². The van der Waals surface area contributed by atoms with E-state index < -0.39 is 16.5 Å². The molecule has 2 aromatic carbocycles. The highest BCUT2D eigenvalue weighted by Crippen LogP contribution is 2.34. The molecule has 29 heavy (non-hydrogen) atoms. The SMILES string of the molecule is C[C@@]1(Cc2ccc3c(c2)OCO3)NC(=O)N(CCc2ccc([N+](=O)[O-])cc2)C1=O. The molecule has 0 radical (unpaired) electrons. The van der Waals surface area contributed by atoms with Crippen molar-refractivity contribution in [2.45, 2.75) is 25.3 Å². The van der Waals surface area contributed by atoms with Crippen LogP contribution >= 0.6 is 0 Å². The third-order valence-corrected chi connectivity index (χ3v) is 5.11. The molecule has 2 aliphatic heterocycles. The number of fused-ring (bicyclic) bond motifs is 1. The third kappa shape index (κ3) is 3.58. The van der Waals surface area contributed by atoms with Crippen molar-refractivity contribution in [3.05, 3.63) is 63.7 Å². The minimum Gasteiger partial charge on any atom is -0.454 e. The van der Waals surface area contributed by atoms with Crippen LogP contribution in [0, 0.1) is 10.1 Å². The Bertz CT molecular complexity index is 990. The van der Waals surface area contributed by atoms with E-state index in [1.807, 2.05) is 12.1 Å². The van der Waals surface area contributed by atoms with Crippen molar-refractivity contribution in [1.82, 2.24) is 10.2 Å². The second-order valence-electron chi connectivity index (χ2n) is 7.26. The normalized spacial score (nSPS) is 20.1. The quantitative estimate of drug-likeness (QED) is 0.455. The van der Waals surface area contributed by atoms with Crippen LogP contribution in [-0.2, 0) is 17.6 Å². The Balaban J connectivity index is 1.43. The largest absolute Gasteiger partial charge is 0.454 e. The van der Waals surface area contributed by atoms with Gasteiger partial charge < -0.3 is 14.8 Å². The number of hydrogen-bond acceptors (Lipinski definition) is 6. The number of hydrogen-bond donors (Lipinski definition) is 1. The van der Waals surface area contributed by atoms with Crippen LogP contribution in [0.5, 0.6) is 11.5 Å². The molecule has 0 unspecified atom stereocenters. The van der Waals surface area contributed by atoms with Crippen molar-refractivity contribution in [2.24, 2.45) is 0 Å². The Hall–Kier alpha value is -3.62. The van der Waals surface area contributed by atoms with Crippen LogP contribution in [0.2, 0.25) is 0 Å². The summed E-state index contributed by atoms with van der Waals surface area (Å²) in [5.41, 5.74) is 0.600. The lowest BCUT2D eigenvalue weighted by Crippen LogP contribution is -2.46. The number of imide groups is 1. The Morgan fingerprint density at radius 3 is 2.52 bits per heavy atom. The molecule has 2 aliphatic rings. The predicted molar refractivity (Wildman–Crippen MR) is 102 cm³/mol. The van der Waals surface area contributed by atoms with E-state index in [2.05, 4.69) is 5.32 Å². The van der Waals surface area contributed by atoms with Crippen LogP contribution in [0.25, 0.3) is 0 Å². The molecule has 0 spiro atoms. The number of non-ortho nitro benzene ring substituents is 1. The summed E-state index contributed by atoms with van der Waals surface area (Å²) >= 11 is 0. The summed E-state index contributed by atoms with van der Waals surface area (Å²) in [6.07, 6.45) is 0.736. The smallest absolute Gasteiger partial charge is 0.325 e. The molecule has 0 aromatic heterocycles. The molecule has 1 fully saturated rings. The van der Waals surface area contributed by atoms with Gasteiger partial charge in [0.25, 0.3) is 11.6 Å².